The Bertz CT molecular complexity index is 711. The summed E-state index contributed by atoms with van der Waals surface area (Å²) in [5.41, 5.74) is 0.830. The van der Waals surface area contributed by atoms with E-state index in [2.05, 4.69) is 5.32 Å². The quantitative estimate of drug-likeness (QED) is 0.553. The van der Waals surface area contributed by atoms with E-state index in [1.807, 2.05) is 23.3 Å². The van der Waals surface area contributed by atoms with Crippen molar-refractivity contribution in [2.45, 2.75) is 64.1 Å². The van der Waals surface area contributed by atoms with Gasteiger partial charge in [0.25, 0.3) is 5.91 Å². The van der Waals surface area contributed by atoms with E-state index < -0.39 is 18.1 Å². The molecule has 1 saturated carbocycles. The van der Waals surface area contributed by atoms with Crippen LogP contribution in [-0.2, 0) is 20.8 Å². The summed E-state index contributed by atoms with van der Waals surface area (Å²) in [5, 5.41) is 4.65. The largest absolute Gasteiger partial charge is 0.467 e. The van der Waals surface area contributed by atoms with Gasteiger partial charge in [-0.15, -0.1) is 11.3 Å². The van der Waals surface area contributed by atoms with Gasteiger partial charge in [-0.3, -0.25) is 4.79 Å². The van der Waals surface area contributed by atoms with Crippen LogP contribution in [0.2, 0.25) is 0 Å². The summed E-state index contributed by atoms with van der Waals surface area (Å²) in [5.74, 6) is -0.355. The Balaban J connectivity index is 1.55. The van der Waals surface area contributed by atoms with Crippen LogP contribution in [0.3, 0.4) is 0 Å². The second-order valence-corrected chi connectivity index (χ2v) is 8.39. The van der Waals surface area contributed by atoms with E-state index in [-0.39, 0.29) is 17.9 Å². The van der Waals surface area contributed by atoms with E-state index >= 15 is 0 Å². The molecule has 0 spiro atoms. The molecule has 2 aliphatic rings. The standard InChI is InChI=1S/C20H28N2O5S/c1-3-4-10-27-20(25)21-17(19(24)26-2)13-5-7-14(8-6-13)22-12-16-15(18(22)23)9-11-28-16/h9,11,13-14,17H,3-8,10,12H2,1-2H3,(H,21,25). The first-order chi connectivity index (χ1) is 13.5. The number of nitrogens with zero attached hydrogens (tertiary/aromatic N) is 1. The molecule has 1 aromatic rings. The molecule has 1 aliphatic carbocycles. The number of esters is 1. The summed E-state index contributed by atoms with van der Waals surface area (Å²) in [7, 11) is 1.33. The summed E-state index contributed by atoms with van der Waals surface area (Å²) in [6.07, 6.45) is 4.26. The molecule has 0 bridgehead atoms. The predicted molar refractivity (Wildman–Crippen MR) is 105 cm³/mol. The molecule has 154 valence electrons. The lowest BCUT2D eigenvalue weighted by molar-refractivity contribution is -0.145. The number of carbonyl (C=O) groups is 3. The highest BCUT2D eigenvalue weighted by molar-refractivity contribution is 7.10. The molecule has 1 N–H and O–H groups in total. The molecule has 1 aliphatic heterocycles. The number of rotatable bonds is 7. The molecule has 7 nitrogen and oxygen atoms in total. The summed E-state index contributed by atoms with van der Waals surface area (Å²) < 4.78 is 10.0. The average Bonchev–Trinajstić information content (AvgIpc) is 3.29. The third-order valence-corrected chi connectivity index (χ3v) is 6.57. The van der Waals surface area contributed by atoms with Crippen molar-refractivity contribution in [3.8, 4) is 0 Å². The van der Waals surface area contributed by atoms with Gasteiger partial charge < -0.3 is 19.7 Å². The maximum Gasteiger partial charge on any atom is 0.407 e. The third kappa shape index (κ3) is 4.48. The summed E-state index contributed by atoms with van der Waals surface area (Å²) in [6, 6.07) is 1.36. The van der Waals surface area contributed by atoms with Crippen LogP contribution in [0, 0.1) is 5.92 Å². The molecule has 0 aromatic carbocycles. The fourth-order valence-electron chi connectivity index (χ4n) is 4.05. The number of carbonyl (C=O) groups excluding carboxylic acids is 3. The number of hydrogen-bond acceptors (Lipinski definition) is 6. The van der Waals surface area contributed by atoms with Crippen molar-refractivity contribution in [2.75, 3.05) is 13.7 Å². The van der Waals surface area contributed by atoms with Gasteiger partial charge in [-0.2, -0.15) is 0 Å². The third-order valence-electron chi connectivity index (χ3n) is 5.66. The lowest BCUT2D eigenvalue weighted by atomic mass is 9.81. The zero-order chi connectivity index (χ0) is 20.1. The van der Waals surface area contributed by atoms with Gasteiger partial charge in [0.05, 0.1) is 25.8 Å². The highest BCUT2D eigenvalue weighted by Crippen LogP contribution is 2.36. The molecule has 0 radical (unpaired) electrons. The Labute approximate surface area is 169 Å². The van der Waals surface area contributed by atoms with Crippen molar-refractivity contribution < 1.29 is 23.9 Å². The molecule has 3 rings (SSSR count). The van der Waals surface area contributed by atoms with Crippen molar-refractivity contribution in [3.63, 3.8) is 0 Å². The van der Waals surface area contributed by atoms with E-state index in [4.69, 9.17) is 9.47 Å². The zero-order valence-corrected chi connectivity index (χ0v) is 17.3. The maximum absolute atomic E-state index is 12.6. The van der Waals surface area contributed by atoms with E-state index in [0.717, 1.165) is 49.0 Å². The number of thiophene rings is 1. The number of unbranched alkanes of at least 4 members (excludes halogenated alkanes) is 1. The molecular weight excluding hydrogens is 380 g/mol. The minimum Gasteiger partial charge on any atom is -0.467 e. The number of amides is 2. The van der Waals surface area contributed by atoms with Gasteiger partial charge in [-0.25, -0.2) is 9.59 Å². The molecule has 1 fully saturated rings. The number of hydrogen-bond donors (Lipinski definition) is 1. The van der Waals surface area contributed by atoms with Crippen LogP contribution in [0.5, 0.6) is 0 Å². The lowest BCUT2D eigenvalue weighted by Crippen LogP contribution is -2.49. The molecule has 1 aromatic heterocycles. The van der Waals surface area contributed by atoms with Crippen LogP contribution >= 0.6 is 11.3 Å². The van der Waals surface area contributed by atoms with E-state index in [1.165, 1.54) is 7.11 Å². The zero-order valence-electron chi connectivity index (χ0n) is 16.4. The normalized spacial score (nSPS) is 22.5. The summed E-state index contributed by atoms with van der Waals surface area (Å²) in [4.78, 5) is 39.9. The van der Waals surface area contributed by atoms with Crippen LogP contribution in [0.15, 0.2) is 11.4 Å². The van der Waals surface area contributed by atoms with Crippen LogP contribution in [0.4, 0.5) is 4.79 Å². The van der Waals surface area contributed by atoms with Gasteiger partial charge in [-0.1, -0.05) is 13.3 Å². The number of methoxy groups -OCH3 is 1. The fraction of sp³-hybridized carbons (Fsp3) is 0.650. The van der Waals surface area contributed by atoms with Gasteiger partial charge >= 0.3 is 12.1 Å². The Hall–Kier alpha value is -2.09. The molecule has 28 heavy (non-hydrogen) atoms. The van der Waals surface area contributed by atoms with E-state index in [9.17, 15) is 14.4 Å². The van der Waals surface area contributed by atoms with Crippen molar-refractivity contribution in [1.82, 2.24) is 10.2 Å². The molecule has 0 saturated heterocycles. The number of ether oxygens (including phenoxy) is 2. The summed E-state index contributed by atoms with van der Waals surface area (Å²) in [6.45, 7) is 3.04. The topological polar surface area (TPSA) is 84.9 Å². The van der Waals surface area contributed by atoms with Gasteiger partial charge in [0.2, 0.25) is 0 Å². The highest BCUT2D eigenvalue weighted by Gasteiger charge is 2.39. The molecule has 2 amide bonds. The van der Waals surface area contributed by atoms with Crippen molar-refractivity contribution >= 4 is 29.3 Å². The fourth-order valence-corrected chi connectivity index (χ4v) is 4.91. The van der Waals surface area contributed by atoms with Crippen molar-refractivity contribution in [2.24, 2.45) is 5.92 Å². The molecule has 1 unspecified atom stereocenters. The maximum atomic E-state index is 12.6. The number of nitrogens with one attached hydrogen (secondary N) is 1. The molecular formula is C20H28N2O5S. The monoisotopic (exact) mass is 408 g/mol. The van der Waals surface area contributed by atoms with E-state index in [0.29, 0.717) is 13.2 Å². The summed E-state index contributed by atoms with van der Waals surface area (Å²) >= 11 is 1.63. The first kappa shape index (κ1) is 20.6. The minimum absolute atomic E-state index is 0.0193. The Morgan fingerprint density at radius 2 is 2.07 bits per heavy atom. The Kier molecular flexibility index (Phi) is 6.93. The van der Waals surface area contributed by atoms with E-state index in [1.54, 1.807) is 11.3 Å². The average molecular weight is 409 g/mol. The second-order valence-electron chi connectivity index (χ2n) is 7.39. The van der Waals surface area contributed by atoms with Crippen molar-refractivity contribution in [1.29, 1.82) is 0 Å². The Morgan fingerprint density at radius 1 is 1.32 bits per heavy atom. The van der Waals surface area contributed by atoms with Crippen LogP contribution < -0.4 is 5.32 Å². The van der Waals surface area contributed by atoms with Gasteiger partial charge in [-0.05, 0) is 49.5 Å². The van der Waals surface area contributed by atoms with Gasteiger partial charge in [0.15, 0.2) is 0 Å². The lowest BCUT2D eigenvalue weighted by Gasteiger charge is -2.36. The number of alkyl carbamates (subject to hydrolysis) is 1. The highest BCUT2D eigenvalue weighted by atomic mass is 32.1. The Morgan fingerprint density at radius 3 is 2.71 bits per heavy atom. The predicted octanol–water partition coefficient (Wildman–Crippen LogP) is 3.33. The van der Waals surface area contributed by atoms with Gasteiger partial charge in [0.1, 0.15) is 6.04 Å². The van der Waals surface area contributed by atoms with Crippen LogP contribution in [0.25, 0.3) is 0 Å². The van der Waals surface area contributed by atoms with Crippen LogP contribution in [-0.4, -0.2) is 48.7 Å². The first-order valence-electron chi connectivity index (χ1n) is 9.93. The molecule has 8 heteroatoms. The number of fused-ring (bicyclic) bond motifs is 1. The second kappa shape index (κ2) is 9.41. The van der Waals surface area contributed by atoms with Crippen molar-refractivity contribution in [3.05, 3.63) is 21.9 Å². The SMILES string of the molecule is CCCCOC(=O)NC(C(=O)OC)C1CCC(N2Cc3sccc3C2=O)CC1. The molecule has 2 heterocycles. The first-order valence-corrected chi connectivity index (χ1v) is 10.8. The minimum atomic E-state index is -0.712. The smallest absolute Gasteiger partial charge is 0.407 e. The van der Waals surface area contributed by atoms with Gasteiger partial charge in [0, 0.05) is 10.9 Å². The van der Waals surface area contributed by atoms with Crippen LogP contribution in [0.1, 0.15) is 60.7 Å². The molecule has 1 atom stereocenters.